The third-order valence-electron chi connectivity index (χ3n) is 5.65. The Morgan fingerprint density at radius 1 is 1.09 bits per heavy atom. The molecule has 190 valence electrons. The molecule has 1 aliphatic rings. The van der Waals surface area contributed by atoms with E-state index in [0.29, 0.717) is 27.1 Å². The molecule has 1 unspecified atom stereocenters. The lowest BCUT2D eigenvalue weighted by Gasteiger charge is -2.33. The smallest absolute Gasteiger partial charge is 0.244 e. The first-order valence-corrected chi connectivity index (χ1v) is 13.3. The van der Waals surface area contributed by atoms with Crippen molar-refractivity contribution in [1.82, 2.24) is 10.2 Å². The minimum absolute atomic E-state index is 0.0227. The summed E-state index contributed by atoms with van der Waals surface area (Å²) in [5.74, 6) is -0.363. The van der Waals surface area contributed by atoms with Crippen molar-refractivity contribution in [2.45, 2.75) is 32.9 Å². The second-order valence-corrected chi connectivity index (χ2v) is 10.7. The molecule has 2 amide bonds. The van der Waals surface area contributed by atoms with E-state index in [1.807, 2.05) is 0 Å². The van der Waals surface area contributed by atoms with E-state index in [0.717, 1.165) is 4.31 Å². The second kappa shape index (κ2) is 11.4. The number of nitrogens with zero attached hydrogens (tertiary/aromatic N) is 2. The number of likely N-dealkylation sites (N-methyl/N-ethyl adjacent to an activating group) is 1. The zero-order valence-electron chi connectivity index (χ0n) is 19.6. The van der Waals surface area contributed by atoms with Crippen LogP contribution in [0.2, 0.25) is 10.0 Å². The number of carbonyl (C=O) groups is 2. The van der Waals surface area contributed by atoms with E-state index in [1.165, 1.54) is 24.9 Å². The van der Waals surface area contributed by atoms with Gasteiger partial charge in [-0.15, -0.1) is 0 Å². The highest BCUT2D eigenvalue weighted by Crippen LogP contribution is 2.36. The summed E-state index contributed by atoms with van der Waals surface area (Å²) < 4.78 is 37.7. The molecular weight excluding hydrogens is 517 g/mol. The van der Waals surface area contributed by atoms with Crippen LogP contribution in [0, 0.1) is 0 Å². The second-order valence-electron chi connectivity index (χ2n) is 7.70. The molecule has 1 heterocycles. The molecule has 0 radical (unpaired) electrons. The van der Waals surface area contributed by atoms with Crippen LogP contribution in [-0.4, -0.2) is 57.3 Å². The number of halogens is 2. The first-order chi connectivity index (χ1) is 16.6. The molecule has 0 saturated heterocycles. The Kier molecular flexibility index (Phi) is 8.74. The third kappa shape index (κ3) is 5.94. The molecule has 0 spiro atoms. The van der Waals surface area contributed by atoms with Crippen molar-refractivity contribution in [2.75, 3.05) is 30.4 Å². The van der Waals surface area contributed by atoms with Crippen molar-refractivity contribution in [2.24, 2.45) is 0 Å². The van der Waals surface area contributed by atoms with Crippen molar-refractivity contribution >= 4 is 50.7 Å². The summed E-state index contributed by atoms with van der Waals surface area (Å²) >= 11 is 12.7. The number of amides is 2. The van der Waals surface area contributed by atoms with Gasteiger partial charge in [0.15, 0.2) is 11.5 Å². The maximum atomic E-state index is 13.7. The molecule has 1 atom stereocenters. The fourth-order valence-electron chi connectivity index (χ4n) is 3.70. The van der Waals surface area contributed by atoms with E-state index in [1.54, 1.807) is 37.3 Å². The van der Waals surface area contributed by atoms with Gasteiger partial charge in [0.1, 0.15) is 12.6 Å². The highest BCUT2D eigenvalue weighted by molar-refractivity contribution is 7.92. The van der Waals surface area contributed by atoms with Crippen LogP contribution in [0.25, 0.3) is 0 Å². The largest absolute Gasteiger partial charge is 0.454 e. The third-order valence-corrected chi connectivity index (χ3v) is 8.10. The normalized spacial score (nSPS) is 13.3. The summed E-state index contributed by atoms with van der Waals surface area (Å²) in [5.41, 5.74) is 0.702. The number of ether oxygens (including phenoxy) is 2. The van der Waals surface area contributed by atoms with Gasteiger partial charge in [-0.2, -0.15) is 0 Å². The minimum atomic E-state index is -3.87. The van der Waals surface area contributed by atoms with Gasteiger partial charge in [-0.05, 0) is 37.6 Å². The lowest BCUT2D eigenvalue weighted by molar-refractivity contribution is -0.140. The summed E-state index contributed by atoms with van der Waals surface area (Å²) in [6.07, 6.45) is 0.290. The van der Waals surface area contributed by atoms with Crippen LogP contribution >= 0.6 is 23.2 Å². The number of nitrogens with one attached hydrogen (secondary N) is 1. The van der Waals surface area contributed by atoms with Crippen LogP contribution in [0.1, 0.15) is 25.8 Å². The van der Waals surface area contributed by atoms with Crippen LogP contribution in [0.3, 0.4) is 0 Å². The molecule has 0 bridgehead atoms. The molecule has 3 rings (SSSR count). The Bertz CT molecular complexity index is 1190. The summed E-state index contributed by atoms with van der Waals surface area (Å²) in [5, 5.41) is 3.22. The quantitative estimate of drug-likeness (QED) is 0.492. The van der Waals surface area contributed by atoms with E-state index in [-0.39, 0.29) is 31.2 Å². The molecule has 1 aliphatic heterocycles. The van der Waals surface area contributed by atoms with Gasteiger partial charge in [0.2, 0.25) is 28.6 Å². The summed E-state index contributed by atoms with van der Waals surface area (Å²) in [6, 6.07) is 8.70. The maximum absolute atomic E-state index is 13.7. The lowest BCUT2D eigenvalue weighted by Crippen LogP contribution is -2.52. The molecule has 2 aromatic carbocycles. The molecule has 9 nitrogen and oxygen atoms in total. The standard InChI is InChI=1S/C23H27Cl2N3O6S/c1-4-19(23(30)26-3)27(12-16-17(24)7-6-8-18(16)25)22(29)13-28(35(31,32)5-2)15-9-10-20-21(11-15)34-14-33-20/h6-11,19H,4-5,12-14H2,1-3H3,(H,26,30). The van der Waals surface area contributed by atoms with Gasteiger partial charge in [-0.1, -0.05) is 36.2 Å². The summed E-state index contributed by atoms with van der Waals surface area (Å²) in [7, 11) is -2.40. The average molecular weight is 544 g/mol. The first-order valence-electron chi connectivity index (χ1n) is 11.0. The maximum Gasteiger partial charge on any atom is 0.244 e. The molecule has 12 heteroatoms. The predicted molar refractivity (Wildman–Crippen MR) is 135 cm³/mol. The number of hydrogen-bond acceptors (Lipinski definition) is 6. The minimum Gasteiger partial charge on any atom is -0.454 e. The lowest BCUT2D eigenvalue weighted by atomic mass is 10.1. The summed E-state index contributed by atoms with van der Waals surface area (Å²) in [6.45, 7) is 2.65. The zero-order valence-corrected chi connectivity index (χ0v) is 21.9. The Morgan fingerprint density at radius 2 is 1.74 bits per heavy atom. The summed E-state index contributed by atoms with van der Waals surface area (Å²) in [4.78, 5) is 27.6. The van der Waals surface area contributed by atoms with Crippen molar-refractivity contribution in [3.05, 3.63) is 52.0 Å². The number of sulfonamides is 1. The van der Waals surface area contributed by atoms with Gasteiger partial charge in [0.25, 0.3) is 0 Å². The predicted octanol–water partition coefficient (Wildman–Crippen LogP) is 3.43. The number of rotatable bonds is 10. The van der Waals surface area contributed by atoms with Crippen molar-refractivity contribution in [3.8, 4) is 11.5 Å². The van der Waals surface area contributed by atoms with Crippen LogP contribution < -0.4 is 19.1 Å². The molecule has 0 fully saturated rings. The fourth-order valence-corrected chi connectivity index (χ4v) is 5.27. The van der Waals surface area contributed by atoms with Crippen molar-refractivity contribution in [1.29, 1.82) is 0 Å². The molecule has 0 aromatic heterocycles. The van der Waals surface area contributed by atoms with Crippen LogP contribution in [0.5, 0.6) is 11.5 Å². The zero-order chi connectivity index (χ0) is 25.8. The van der Waals surface area contributed by atoms with Crippen molar-refractivity contribution < 1.29 is 27.5 Å². The highest BCUT2D eigenvalue weighted by atomic mass is 35.5. The van der Waals surface area contributed by atoms with E-state index in [9.17, 15) is 18.0 Å². The Morgan fingerprint density at radius 3 is 2.34 bits per heavy atom. The van der Waals surface area contributed by atoms with Gasteiger partial charge in [0, 0.05) is 35.3 Å². The highest BCUT2D eigenvalue weighted by Gasteiger charge is 2.33. The first kappa shape index (κ1) is 26.9. The Balaban J connectivity index is 2.01. The van der Waals surface area contributed by atoms with Crippen LogP contribution in [0.15, 0.2) is 36.4 Å². The van der Waals surface area contributed by atoms with Crippen LogP contribution in [0.4, 0.5) is 5.69 Å². The number of benzene rings is 2. The molecule has 1 N–H and O–H groups in total. The topological polar surface area (TPSA) is 105 Å². The van der Waals surface area contributed by atoms with Gasteiger partial charge < -0.3 is 19.7 Å². The van der Waals surface area contributed by atoms with E-state index < -0.39 is 34.4 Å². The Hall–Kier alpha value is -2.69. The number of hydrogen-bond donors (Lipinski definition) is 1. The molecule has 2 aromatic rings. The van der Waals surface area contributed by atoms with Gasteiger partial charge in [-0.3, -0.25) is 13.9 Å². The SMILES string of the molecule is CCC(C(=O)NC)N(Cc1c(Cl)cccc1Cl)C(=O)CN(c1ccc2c(c1)OCO2)S(=O)(=O)CC. The monoisotopic (exact) mass is 543 g/mol. The fraction of sp³-hybridized carbons (Fsp3) is 0.391. The molecule has 0 aliphatic carbocycles. The number of fused-ring (bicyclic) bond motifs is 1. The average Bonchev–Trinajstić information content (AvgIpc) is 3.31. The van der Waals surface area contributed by atoms with Gasteiger partial charge in [0.05, 0.1) is 11.4 Å². The van der Waals surface area contributed by atoms with Gasteiger partial charge in [-0.25, -0.2) is 8.42 Å². The van der Waals surface area contributed by atoms with Gasteiger partial charge >= 0.3 is 0 Å². The van der Waals surface area contributed by atoms with E-state index in [2.05, 4.69) is 5.32 Å². The number of carbonyl (C=O) groups excluding carboxylic acids is 2. The molecular formula is C23H27Cl2N3O6S. The van der Waals surface area contributed by atoms with Crippen molar-refractivity contribution in [3.63, 3.8) is 0 Å². The van der Waals surface area contributed by atoms with E-state index >= 15 is 0 Å². The van der Waals surface area contributed by atoms with E-state index in [4.69, 9.17) is 32.7 Å². The van der Waals surface area contributed by atoms with Crippen LogP contribution in [-0.2, 0) is 26.2 Å². The Labute approximate surface area is 214 Å². The number of anilines is 1. The molecule has 35 heavy (non-hydrogen) atoms. The molecule has 0 saturated carbocycles.